The van der Waals surface area contributed by atoms with Crippen molar-refractivity contribution in [3.8, 4) is 0 Å². The van der Waals surface area contributed by atoms with Crippen molar-refractivity contribution in [3.05, 3.63) is 0 Å². The van der Waals surface area contributed by atoms with Crippen LogP contribution in [0.1, 0.15) is 138 Å². The Morgan fingerprint density at radius 1 is 0.444 bits per heavy atom. The SMILES string of the molecule is CC1(C)C2CC3CC(C2)CC1C3.CC1C2CC3CC(C2)CC1(C)C3.CC1C2CC3CC1CC(C)(C3)C2. The number of hydrogen-bond acceptors (Lipinski definition) is 0. The van der Waals surface area contributed by atoms with E-state index < -0.39 is 0 Å². The Bertz CT molecular complexity index is 769. The molecule has 0 spiro atoms. The van der Waals surface area contributed by atoms with Gasteiger partial charge in [-0.3, -0.25) is 0 Å². The van der Waals surface area contributed by atoms with E-state index in [2.05, 4.69) is 41.5 Å². The quantitative estimate of drug-likeness (QED) is 0.315. The molecule has 0 aromatic rings. The Balaban J connectivity index is 0.0000000919. The zero-order valence-corrected chi connectivity index (χ0v) is 25.0. The van der Waals surface area contributed by atoms with Crippen LogP contribution in [-0.4, -0.2) is 0 Å². The Hall–Kier alpha value is 0. The summed E-state index contributed by atoms with van der Waals surface area (Å²) in [6.07, 6.45) is 23.5. The molecule has 0 heterocycles. The van der Waals surface area contributed by atoms with Crippen molar-refractivity contribution in [2.45, 2.75) is 138 Å². The van der Waals surface area contributed by atoms with E-state index in [0.29, 0.717) is 5.41 Å². The molecule has 5 unspecified atom stereocenters. The first-order valence-corrected chi connectivity index (χ1v) is 17.0. The van der Waals surface area contributed by atoms with E-state index >= 15 is 0 Å². The van der Waals surface area contributed by atoms with E-state index in [1.807, 2.05) is 0 Å². The van der Waals surface area contributed by atoms with Crippen LogP contribution in [0.3, 0.4) is 0 Å². The van der Waals surface area contributed by atoms with Crippen LogP contribution in [0.4, 0.5) is 0 Å². The second-order valence-corrected chi connectivity index (χ2v) is 18.3. The Morgan fingerprint density at radius 3 is 1.36 bits per heavy atom. The van der Waals surface area contributed by atoms with Gasteiger partial charge in [0.2, 0.25) is 0 Å². The average molecular weight is 493 g/mol. The van der Waals surface area contributed by atoms with E-state index in [-0.39, 0.29) is 0 Å². The Morgan fingerprint density at radius 2 is 0.889 bits per heavy atom. The van der Waals surface area contributed by atoms with Gasteiger partial charge in [0.05, 0.1) is 0 Å². The minimum Gasteiger partial charge on any atom is -0.0620 e. The fourth-order valence-corrected chi connectivity index (χ4v) is 13.8. The lowest BCUT2D eigenvalue weighted by Crippen LogP contribution is -2.50. The molecule has 36 heavy (non-hydrogen) atoms. The van der Waals surface area contributed by atoms with Crippen LogP contribution < -0.4 is 0 Å². The zero-order valence-electron chi connectivity index (χ0n) is 25.0. The third-order valence-corrected chi connectivity index (χ3v) is 15.5. The van der Waals surface area contributed by atoms with E-state index in [9.17, 15) is 0 Å². The van der Waals surface area contributed by atoms with E-state index in [1.54, 1.807) is 96.3 Å². The molecule has 0 aromatic carbocycles. The fraction of sp³-hybridized carbons (Fsp3) is 1.00. The lowest BCUT2D eigenvalue weighted by molar-refractivity contribution is -0.0906. The predicted octanol–water partition coefficient (Wildman–Crippen LogP) is 10.4. The maximum Gasteiger partial charge on any atom is -0.0292 e. The Kier molecular flexibility index (Phi) is 5.90. The van der Waals surface area contributed by atoms with Gasteiger partial charge in [-0.05, 0) is 184 Å². The van der Waals surface area contributed by atoms with Gasteiger partial charge in [0.15, 0.2) is 0 Å². The molecule has 0 radical (unpaired) electrons. The first-order chi connectivity index (χ1) is 17.0. The molecule has 0 amide bonds. The summed E-state index contributed by atoms with van der Waals surface area (Å²) in [5.41, 5.74) is 2.24. The summed E-state index contributed by atoms with van der Waals surface area (Å²) in [6.45, 7) is 15.2. The van der Waals surface area contributed by atoms with Crippen molar-refractivity contribution in [1.82, 2.24) is 0 Å². The van der Waals surface area contributed by atoms with Gasteiger partial charge < -0.3 is 0 Å². The normalized spacial score (nSPS) is 59.8. The summed E-state index contributed by atoms with van der Waals surface area (Å²) >= 11 is 0. The molecular formula is C36H60. The zero-order chi connectivity index (χ0) is 25.0. The van der Waals surface area contributed by atoms with Crippen molar-refractivity contribution in [1.29, 1.82) is 0 Å². The van der Waals surface area contributed by atoms with Crippen molar-refractivity contribution >= 4 is 0 Å². The van der Waals surface area contributed by atoms with Crippen LogP contribution in [0.2, 0.25) is 0 Å². The maximum absolute atomic E-state index is 2.56. The highest BCUT2D eigenvalue weighted by atomic mass is 14.6. The van der Waals surface area contributed by atoms with Gasteiger partial charge in [0.1, 0.15) is 0 Å². The van der Waals surface area contributed by atoms with Gasteiger partial charge in [0.25, 0.3) is 0 Å². The smallest absolute Gasteiger partial charge is 0.0292 e. The molecule has 0 saturated heterocycles. The topological polar surface area (TPSA) is 0 Å². The molecule has 12 bridgehead atoms. The second kappa shape index (κ2) is 8.50. The third-order valence-electron chi connectivity index (χ3n) is 15.5. The molecule has 0 nitrogen and oxygen atoms in total. The predicted molar refractivity (Wildman–Crippen MR) is 152 cm³/mol. The Labute approximate surface area is 224 Å². The first-order valence-electron chi connectivity index (χ1n) is 17.0. The van der Waals surface area contributed by atoms with Crippen LogP contribution in [0.25, 0.3) is 0 Å². The summed E-state index contributed by atoms with van der Waals surface area (Å²) in [4.78, 5) is 0. The molecule has 204 valence electrons. The van der Waals surface area contributed by atoms with E-state index in [0.717, 1.165) is 81.8 Å². The molecular weight excluding hydrogens is 432 g/mol. The molecule has 12 fully saturated rings. The van der Waals surface area contributed by atoms with Crippen molar-refractivity contribution in [2.75, 3.05) is 0 Å². The standard InChI is InChI=1S/3C12H20/c1-12(2)10-4-8-3-9(6-10)7-11(12)5-8;1-8-11-4-9-3-10(5-11)7-12(8,2)6-9;1-8-10-3-9-4-11(8)7-12(2,5-9)6-10/h3*8-11H,3-7H2,1-2H3. The van der Waals surface area contributed by atoms with Gasteiger partial charge in [-0.15, -0.1) is 0 Å². The van der Waals surface area contributed by atoms with Gasteiger partial charge in [-0.1, -0.05) is 41.5 Å². The van der Waals surface area contributed by atoms with E-state index in [1.165, 1.54) is 0 Å². The first kappa shape index (κ1) is 25.0. The van der Waals surface area contributed by atoms with Crippen LogP contribution in [0, 0.1) is 87.3 Å². The lowest BCUT2D eigenvalue weighted by Gasteiger charge is -2.59. The van der Waals surface area contributed by atoms with Crippen molar-refractivity contribution < 1.29 is 0 Å². The van der Waals surface area contributed by atoms with Crippen LogP contribution in [0.15, 0.2) is 0 Å². The molecule has 12 aliphatic rings. The fourth-order valence-electron chi connectivity index (χ4n) is 13.8. The molecule has 12 aliphatic carbocycles. The molecule has 0 N–H and O–H groups in total. The summed E-state index contributed by atoms with van der Waals surface area (Å²) in [5, 5.41) is 0. The maximum atomic E-state index is 2.56. The van der Waals surface area contributed by atoms with Crippen LogP contribution in [0.5, 0.6) is 0 Å². The van der Waals surface area contributed by atoms with Gasteiger partial charge in [-0.2, -0.15) is 0 Å². The summed E-state index contributed by atoms with van der Waals surface area (Å²) in [7, 11) is 0. The molecule has 12 rings (SSSR count). The van der Waals surface area contributed by atoms with E-state index in [4.69, 9.17) is 0 Å². The van der Waals surface area contributed by atoms with Gasteiger partial charge >= 0.3 is 0 Å². The summed E-state index contributed by atoms with van der Waals surface area (Å²) in [5.74, 6) is 13.3. The average Bonchev–Trinajstić information content (AvgIpc) is 2.78. The summed E-state index contributed by atoms with van der Waals surface area (Å²) < 4.78 is 0. The van der Waals surface area contributed by atoms with Crippen molar-refractivity contribution in [2.24, 2.45) is 87.3 Å². The van der Waals surface area contributed by atoms with Gasteiger partial charge in [0, 0.05) is 0 Å². The largest absolute Gasteiger partial charge is 0.0620 e. The highest BCUT2D eigenvalue weighted by Crippen LogP contribution is 2.64. The molecule has 12 saturated carbocycles. The van der Waals surface area contributed by atoms with Crippen LogP contribution >= 0.6 is 0 Å². The summed E-state index contributed by atoms with van der Waals surface area (Å²) in [6, 6.07) is 0. The molecule has 5 atom stereocenters. The second-order valence-electron chi connectivity index (χ2n) is 18.3. The lowest BCUT2D eigenvalue weighted by atomic mass is 9.46. The van der Waals surface area contributed by atoms with Crippen molar-refractivity contribution in [3.63, 3.8) is 0 Å². The monoisotopic (exact) mass is 492 g/mol. The molecule has 0 aliphatic heterocycles. The minimum absolute atomic E-state index is 0.702. The molecule has 0 heteroatoms. The van der Waals surface area contributed by atoms with Crippen LogP contribution in [-0.2, 0) is 0 Å². The van der Waals surface area contributed by atoms with Gasteiger partial charge in [-0.25, -0.2) is 0 Å². The number of hydrogen-bond donors (Lipinski definition) is 0. The third kappa shape index (κ3) is 4.10. The minimum atomic E-state index is 0.702. The highest BCUT2D eigenvalue weighted by molar-refractivity contribution is 5.04. The highest BCUT2D eigenvalue weighted by Gasteiger charge is 2.54. The molecule has 0 aromatic heterocycles. The number of rotatable bonds is 0.